The second kappa shape index (κ2) is 13.8. The number of rotatable bonds is 13. The highest BCUT2D eigenvalue weighted by atomic mass is 16.6. The van der Waals surface area contributed by atoms with Crippen molar-refractivity contribution in [3.8, 4) is 0 Å². The van der Waals surface area contributed by atoms with Crippen LogP contribution in [0.3, 0.4) is 0 Å². The Morgan fingerprint density at radius 3 is 2.08 bits per heavy atom. The van der Waals surface area contributed by atoms with Crippen molar-refractivity contribution < 1.29 is 14.3 Å². The van der Waals surface area contributed by atoms with Crippen molar-refractivity contribution in [1.82, 2.24) is 0 Å². The molecule has 0 aromatic carbocycles. The Bertz CT molecular complexity index is 446. The van der Waals surface area contributed by atoms with Gasteiger partial charge in [-0.1, -0.05) is 55.5 Å². The van der Waals surface area contributed by atoms with Crippen LogP contribution in [-0.2, 0) is 14.3 Å². The lowest BCUT2D eigenvalue weighted by molar-refractivity contribution is -0.140. The van der Waals surface area contributed by atoms with E-state index >= 15 is 0 Å². The van der Waals surface area contributed by atoms with Gasteiger partial charge in [-0.15, -0.1) is 0 Å². The Balaban J connectivity index is 1.94. The summed E-state index contributed by atoms with van der Waals surface area (Å²) in [6.45, 7) is 2.15. The van der Waals surface area contributed by atoms with E-state index in [0.29, 0.717) is 18.6 Å². The molecule has 2 unspecified atom stereocenters. The molecule has 0 amide bonds. The third-order valence-corrected chi connectivity index (χ3v) is 3.87. The fourth-order valence-electron chi connectivity index (χ4n) is 2.40. The Hall–Kier alpha value is -1.61. The van der Waals surface area contributed by atoms with E-state index in [4.69, 9.17) is 4.74 Å². The third-order valence-electron chi connectivity index (χ3n) is 3.87. The van der Waals surface area contributed by atoms with E-state index in [9.17, 15) is 4.79 Å². The number of carbonyl (C=O) groups is 1. The summed E-state index contributed by atoms with van der Waals surface area (Å²) in [5.41, 5.74) is 0. The lowest BCUT2D eigenvalue weighted by atomic mass is 10.1. The topological polar surface area (TPSA) is 38.8 Å². The molecule has 3 nitrogen and oxygen atoms in total. The summed E-state index contributed by atoms with van der Waals surface area (Å²) < 4.78 is 10.2. The number of carbonyl (C=O) groups excluding carboxylic acids is 1. The number of methoxy groups -OCH3 is 1. The molecule has 1 aliphatic heterocycles. The molecule has 0 aliphatic carbocycles. The van der Waals surface area contributed by atoms with Gasteiger partial charge < -0.3 is 9.47 Å². The molecule has 0 N–H and O–H groups in total. The van der Waals surface area contributed by atoms with Crippen molar-refractivity contribution in [2.45, 2.75) is 70.5 Å². The third kappa shape index (κ3) is 11.0. The molecule has 2 atom stereocenters. The number of epoxide rings is 1. The Morgan fingerprint density at radius 2 is 1.50 bits per heavy atom. The second-order valence-corrected chi connectivity index (χ2v) is 5.92. The van der Waals surface area contributed by atoms with Crippen LogP contribution in [0.15, 0.2) is 48.6 Å². The molecule has 24 heavy (non-hydrogen) atoms. The Labute approximate surface area is 147 Å². The number of esters is 1. The molecule has 0 aromatic heterocycles. The minimum Gasteiger partial charge on any atom is -0.469 e. The van der Waals surface area contributed by atoms with E-state index in [-0.39, 0.29) is 5.97 Å². The molecular weight excluding hydrogens is 300 g/mol. The molecule has 3 heteroatoms. The predicted molar refractivity (Wildman–Crippen MR) is 99.8 cm³/mol. The number of allylic oxidation sites excluding steroid dienone is 7. The summed E-state index contributed by atoms with van der Waals surface area (Å²) >= 11 is 0. The van der Waals surface area contributed by atoms with Gasteiger partial charge >= 0.3 is 5.97 Å². The summed E-state index contributed by atoms with van der Waals surface area (Å²) in [5.74, 6) is -0.133. The first-order chi connectivity index (χ1) is 11.8. The number of ether oxygens (including phenoxy) is 2. The van der Waals surface area contributed by atoms with E-state index in [0.717, 1.165) is 44.9 Å². The minimum atomic E-state index is -0.133. The van der Waals surface area contributed by atoms with Crippen LogP contribution >= 0.6 is 0 Å². The van der Waals surface area contributed by atoms with Gasteiger partial charge in [-0.05, 0) is 44.9 Å². The first kappa shape index (κ1) is 20.4. The fourth-order valence-corrected chi connectivity index (χ4v) is 2.40. The van der Waals surface area contributed by atoms with Crippen LogP contribution in [0.1, 0.15) is 58.3 Å². The summed E-state index contributed by atoms with van der Waals surface area (Å²) in [4.78, 5) is 11.0. The van der Waals surface area contributed by atoms with Crippen LogP contribution in [0.2, 0.25) is 0 Å². The van der Waals surface area contributed by atoms with E-state index in [1.807, 2.05) is 0 Å². The monoisotopic (exact) mass is 332 g/mol. The molecule has 134 valence electrons. The van der Waals surface area contributed by atoms with Crippen LogP contribution in [0.5, 0.6) is 0 Å². The number of hydrogen-bond donors (Lipinski definition) is 0. The highest BCUT2D eigenvalue weighted by Gasteiger charge is 2.36. The Morgan fingerprint density at radius 1 is 0.917 bits per heavy atom. The first-order valence-corrected chi connectivity index (χ1v) is 9.10. The fraction of sp³-hybridized carbons (Fsp3) is 0.571. The zero-order valence-corrected chi connectivity index (χ0v) is 15.2. The van der Waals surface area contributed by atoms with Crippen LogP contribution in [0.25, 0.3) is 0 Å². The van der Waals surface area contributed by atoms with Crippen LogP contribution < -0.4 is 0 Å². The van der Waals surface area contributed by atoms with Gasteiger partial charge in [0.2, 0.25) is 0 Å². The van der Waals surface area contributed by atoms with E-state index in [2.05, 4.69) is 60.3 Å². The zero-order valence-electron chi connectivity index (χ0n) is 15.2. The molecule has 0 saturated carbocycles. The summed E-state index contributed by atoms with van der Waals surface area (Å²) in [7, 11) is 1.43. The molecule has 1 saturated heterocycles. The van der Waals surface area contributed by atoms with Crippen molar-refractivity contribution in [2.24, 2.45) is 0 Å². The number of hydrogen-bond acceptors (Lipinski definition) is 3. The van der Waals surface area contributed by atoms with Gasteiger partial charge in [0.05, 0.1) is 19.3 Å². The van der Waals surface area contributed by atoms with E-state index in [1.165, 1.54) is 7.11 Å². The highest BCUT2D eigenvalue weighted by molar-refractivity contribution is 5.68. The molecule has 1 fully saturated rings. The van der Waals surface area contributed by atoms with Gasteiger partial charge in [0.1, 0.15) is 0 Å². The predicted octanol–water partition coefficient (Wildman–Crippen LogP) is 5.29. The van der Waals surface area contributed by atoms with Gasteiger partial charge in [-0.3, -0.25) is 4.79 Å². The van der Waals surface area contributed by atoms with Gasteiger partial charge in [0, 0.05) is 6.42 Å². The molecule has 1 aliphatic rings. The van der Waals surface area contributed by atoms with Crippen LogP contribution in [0.4, 0.5) is 0 Å². The van der Waals surface area contributed by atoms with Crippen molar-refractivity contribution in [3.05, 3.63) is 48.6 Å². The Kier molecular flexibility index (Phi) is 11.7. The van der Waals surface area contributed by atoms with Crippen molar-refractivity contribution in [3.63, 3.8) is 0 Å². The summed E-state index contributed by atoms with van der Waals surface area (Å²) in [5, 5.41) is 0. The maximum atomic E-state index is 11.0. The maximum absolute atomic E-state index is 11.0. The zero-order chi connectivity index (χ0) is 17.5. The average Bonchev–Trinajstić information content (AvgIpc) is 3.34. The standard InChI is InChI=1S/C21H32O3/c1-3-4-5-6-7-8-9-10-11-12-13-14-16-19-20(24-19)17-15-18-21(22)23-2/h4-5,7-8,10-11,13-14,19-20H,3,6,9,12,15-18H2,1-2H3. The first-order valence-electron chi connectivity index (χ1n) is 9.10. The lowest BCUT2D eigenvalue weighted by Gasteiger charge is -1.96. The molecule has 0 radical (unpaired) electrons. The molecular formula is C21H32O3. The van der Waals surface area contributed by atoms with E-state index < -0.39 is 0 Å². The SMILES string of the molecule is CCC=CCC=CCC=CCC=CCC1OC1CCCC(=O)OC. The van der Waals surface area contributed by atoms with Crippen molar-refractivity contribution >= 4 is 5.97 Å². The van der Waals surface area contributed by atoms with Gasteiger partial charge in [-0.2, -0.15) is 0 Å². The average molecular weight is 332 g/mol. The van der Waals surface area contributed by atoms with Crippen LogP contribution in [0, 0.1) is 0 Å². The highest BCUT2D eigenvalue weighted by Crippen LogP contribution is 2.30. The molecule has 1 rings (SSSR count). The summed E-state index contributed by atoms with van der Waals surface area (Å²) in [6, 6.07) is 0. The normalized spacial score (nSPS) is 20.8. The smallest absolute Gasteiger partial charge is 0.305 e. The summed E-state index contributed by atoms with van der Waals surface area (Å²) in [6.07, 6.45) is 25.7. The lowest BCUT2D eigenvalue weighted by Crippen LogP contribution is -2.01. The van der Waals surface area contributed by atoms with Gasteiger partial charge in [0.25, 0.3) is 0 Å². The van der Waals surface area contributed by atoms with Gasteiger partial charge in [-0.25, -0.2) is 0 Å². The quantitative estimate of drug-likeness (QED) is 0.261. The second-order valence-electron chi connectivity index (χ2n) is 5.92. The van der Waals surface area contributed by atoms with E-state index in [1.54, 1.807) is 0 Å². The van der Waals surface area contributed by atoms with Crippen molar-refractivity contribution in [2.75, 3.05) is 7.11 Å². The van der Waals surface area contributed by atoms with Gasteiger partial charge in [0.15, 0.2) is 0 Å². The molecule has 0 bridgehead atoms. The van der Waals surface area contributed by atoms with Crippen LogP contribution in [-0.4, -0.2) is 25.3 Å². The molecule has 0 spiro atoms. The largest absolute Gasteiger partial charge is 0.469 e. The molecule has 1 heterocycles. The minimum absolute atomic E-state index is 0.133. The van der Waals surface area contributed by atoms with Crippen molar-refractivity contribution in [1.29, 1.82) is 0 Å². The maximum Gasteiger partial charge on any atom is 0.305 e. The molecule has 0 aromatic rings.